The SMILES string of the molecule is CN(C)CCCN(C)C(=O)[C@H]1CCCNC1. The van der Waals surface area contributed by atoms with Crippen molar-refractivity contribution in [1.29, 1.82) is 0 Å². The first-order chi connectivity index (χ1) is 7.61. The molecule has 0 unspecified atom stereocenters. The second kappa shape index (κ2) is 6.86. The second-order valence-electron chi connectivity index (χ2n) is 4.96. The monoisotopic (exact) mass is 227 g/mol. The van der Waals surface area contributed by atoms with Gasteiger partial charge in [-0.1, -0.05) is 0 Å². The number of hydrogen-bond acceptors (Lipinski definition) is 3. The second-order valence-corrected chi connectivity index (χ2v) is 4.96. The average molecular weight is 227 g/mol. The smallest absolute Gasteiger partial charge is 0.226 e. The minimum Gasteiger partial charge on any atom is -0.345 e. The first-order valence-corrected chi connectivity index (χ1v) is 6.21. The summed E-state index contributed by atoms with van der Waals surface area (Å²) in [7, 11) is 6.05. The van der Waals surface area contributed by atoms with E-state index in [0.717, 1.165) is 45.4 Å². The minimum absolute atomic E-state index is 0.207. The van der Waals surface area contributed by atoms with E-state index in [1.165, 1.54) is 0 Å². The van der Waals surface area contributed by atoms with Gasteiger partial charge in [0.1, 0.15) is 0 Å². The zero-order valence-electron chi connectivity index (χ0n) is 10.8. The highest BCUT2D eigenvalue weighted by molar-refractivity contribution is 5.78. The summed E-state index contributed by atoms with van der Waals surface area (Å²) >= 11 is 0. The summed E-state index contributed by atoms with van der Waals surface area (Å²) in [4.78, 5) is 16.1. The number of amides is 1. The first kappa shape index (κ1) is 13.5. The molecule has 0 aromatic rings. The summed E-state index contributed by atoms with van der Waals surface area (Å²) in [5.41, 5.74) is 0. The summed E-state index contributed by atoms with van der Waals surface area (Å²) < 4.78 is 0. The number of carbonyl (C=O) groups is 1. The van der Waals surface area contributed by atoms with E-state index in [2.05, 4.69) is 24.3 Å². The van der Waals surface area contributed by atoms with Crippen molar-refractivity contribution in [2.75, 3.05) is 47.3 Å². The van der Waals surface area contributed by atoms with Gasteiger partial charge in [-0.25, -0.2) is 0 Å². The highest BCUT2D eigenvalue weighted by atomic mass is 16.2. The van der Waals surface area contributed by atoms with Crippen LogP contribution in [-0.4, -0.2) is 63.0 Å². The van der Waals surface area contributed by atoms with Gasteiger partial charge < -0.3 is 15.1 Å². The van der Waals surface area contributed by atoms with Crippen LogP contribution in [0.3, 0.4) is 0 Å². The van der Waals surface area contributed by atoms with Crippen LogP contribution in [0.2, 0.25) is 0 Å². The van der Waals surface area contributed by atoms with Crippen LogP contribution in [0.25, 0.3) is 0 Å². The van der Waals surface area contributed by atoms with Gasteiger partial charge in [0, 0.05) is 20.1 Å². The number of piperidine rings is 1. The van der Waals surface area contributed by atoms with Gasteiger partial charge in [-0.15, -0.1) is 0 Å². The molecule has 0 spiro atoms. The molecule has 1 aliphatic rings. The predicted octanol–water partition coefficient (Wildman–Crippen LogP) is 0.396. The fourth-order valence-electron chi connectivity index (χ4n) is 2.11. The molecule has 16 heavy (non-hydrogen) atoms. The van der Waals surface area contributed by atoms with E-state index in [9.17, 15) is 4.79 Å². The maximum absolute atomic E-state index is 12.0. The number of nitrogens with zero attached hydrogens (tertiary/aromatic N) is 2. The van der Waals surface area contributed by atoms with Crippen molar-refractivity contribution in [2.45, 2.75) is 19.3 Å². The number of rotatable bonds is 5. The Kier molecular flexibility index (Phi) is 5.77. The lowest BCUT2D eigenvalue weighted by molar-refractivity contribution is -0.134. The van der Waals surface area contributed by atoms with E-state index < -0.39 is 0 Å². The average Bonchev–Trinajstić information content (AvgIpc) is 2.28. The van der Waals surface area contributed by atoms with Gasteiger partial charge in [0.25, 0.3) is 0 Å². The van der Waals surface area contributed by atoms with Crippen molar-refractivity contribution < 1.29 is 4.79 Å². The first-order valence-electron chi connectivity index (χ1n) is 6.21. The Morgan fingerprint density at radius 3 is 2.62 bits per heavy atom. The molecule has 0 aliphatic carbocycles. The van der Waals surface area contributed by atoms with Gasteiger partial charge in [0.15, 0.2) is 0 Å². The highest BCUT2D eigenvalue weighted by Gasteiger charge is 2.23. The molecule has 0 saturated carbocycles. The predicted molar refractivity (Wildman–Crippen MR) is 66.4 cm³/mol. The molecule has 1 aliphatic heterocycles. The molecule has 0 bridgehead atoms. The third-order valence-electron chi connectivity index (χ3n) is 3.12. The Bertz CT molecular complexity index is 212. The van der Waals surface area contributed by atoms with Gasteiger partial charge >= 0.3 is 0 Å². The number of nitrogens with one attached hydrogen (secondary N) is 1. The van der Waals surface area contributed by atoms with Crippen LogP contribution in [0.1, 0.15) is 19.3 Å². The van der Waals surface area contributed by atoms with E-state index in [0.29, 0.717) is 5.91 Å². The largest absolute Gasteiger partial charge is 0.345 e. The van der Waals surface area contributed by atoms with Crippen LogP contribution in [0.4, 0.5) is 0 Å². The van der Waals surface area contributed by atoms with Crippen LogP contribution in [0, 0.1) is 5.92 Å². The van der Waals surface area contributed by atoms with Crippen LogP contribution in [0.15, 0.2) is 0 Å². The highest BCUT2D eigenvalue weighted by Crippen LogP contribution is 2.12. The van der Waals surface area contributed by atoms with Crippen molar-refractivity contribution in [3.05, 3.63) is 0 Å². The van der Waals surface area contributed by atoms with Gasteiger partial charge in [0.2, 0.25) is 5.91 Å². The fourth-order valence-corrected chi connectivity index (χ4v) is 2.11. The number of hydrogen-bond donors (Lipinski definition) is 1. The quantitative estimate of drug-likeness (QED) is 0.738. The van der Waals surface area contributed by atoms with E-state index in [1.807, 2.05) is 11.9 Å². The Balaban J connectivity index is 2.23. The Labute approximate surface area is 99.0 Å². The van der Waals surface area contributed by atoms with Crippen molar-refractivity contribution in [1.82, 2.24) is 15.1 Å². The molecule has 1 atom stereocenters. The van der Waals surface area contributed by atoms with Gasteiger partial charge in [0.05, 0.1) is 5.92 Å². The lowest BCUT2D eigenvalue weighted by Gasteiger charge is -2.27. The third-order valence-corrected chi connectivity index (χ3v) is 3.12. The van der Waals surface area contributed by atoms with Gasteiger partial charge in [-0.3, -0.25) is 4.79 Å². The van der Waals surface area contributed by atoms with Crippen LogP contribution >= 0.6 is 0 Å². The van der Waals surface area contributed by atoms with Crippen molar-refractivity contribution >= 4 is 5.91 Å². The number of carbonyl (C=O) groups excluding carboxylic acids is 1. The topological polar surface area (TPSA) is 35.6 Å². The molecule has 1 fully saturated rings. The minimum atomic E-state index is 0.207. The molecule has 1 N–H and O–H groups in total. The normalized spacial score (nSPS) is 21.1. The molecule has 4 nitrogen and oxygen atoms in total. The van der Waals surface area contributed by atoms with Crippen molar-refractivity contribution in [3.63, 3.8) is 0 Å². The molecule has 4 heteroatoms. The molecule has 1 heterocycles. The Hall–Kier alpha value is -0.610. The summed E-state index contributed by atoms with van der Waals surface area (Å²) in [6.07, 6.45) is 3.22. The van der Waals surface area contributed by atoms with E-state index in [-0.39, 0.29) is 5.92 Å². The third kappa shape index (κ3) is 4.49. The van der Waals surface area contributed by atoms with E-state index >= 15 is 0 Å². The van der Waals surface area contributed by atoms with Crippen LogP contribution in [0.5, 0.6) is 0 Å². The fraction of sp³-hybridized carbons (Fsp3) is 0.917. The summed E-state index contributed by atoms with van der Waals surface area (Å²) in [6, 6.07) is 0. The zero-order valence-corrected chi connectivity index (χ0v) is 10.8. The molecule has 0 radical (unpaired) electrons. The van der Waals surface area contributed by atoms with Gasteiger partial charge in [-0.05, 0) is 46.4 Å². The molecular weight excluding hydrogens is 202 g/mol. The van der Waals surface area contributed by atoms with Crippen molar-refractivity contribution in [2.24, 2.45) is 5.92 Å². The molecule has 0 aromatic carbocycles. The Morgan fingerprint density at radius 1 is 1.31 bits per heavy atom. The lowest BCUT2D eigenvalue weighted by Crippen LogP contribution is -2.42. The summed E-state index contributed by atoms with van der Waals surface area (Å²) in [6.45, 7) is 3.83. The van der Waals surface area contributed by atoms with Crippen LogP contribution < -0.4 is 5.32 Å². The van der Waals surface area contributed by atoms with Crippen LogP contribution in [-0.2, 0) is 4.79 Å². The van der Waals surface area contributed by atoms with E-state index in [1.54, 1.807) is 0 Å². The molecule has 1 saturated heterocycles. The zero-order chi connectivity index (χ0) is 12.0. The molecular formula is C12H25N3O. The van der Waals surface area contributed by atoms with Gasteiger partial charge in [-0.2, -0.15) is 0 Å². The molecule has 1 rings (SSSR count). The summed E-state index contributed by atoms with van der Waals surface area (Å²) in [5.74, 6) is 0.518. The maximum Gasteiger partial charge on any atom is 0.226 e. The summed E-state index contributed by atoms with van der Waals surface area (Å²) in [5, 5.41) is 3.29. The maximum atomic E-state index is 12.0. The molecule has 1 amide bonds. The van der Waals surface area contributed by atoms with Crippen molar-refractivity contribution in [3.8, 4) is 0 Å². The Morgan fingerprint density at radius 2 is 2.06 bits per heavy atom. The lowest BCUT2D eigenvalue weighted by atomic mass is 9.98. The standard InChI is InChI=1S/C12H25N3O/c1-14(2)8-5-9-15(3)12(16)11-6-4-7-13-10-11/h11,13H,4-10H2,1-3H3/t11-/m0/s1. The molecule has 94 valence electrons. The van der Waals surface area contributed by atoms with E-state index in [4.69, 9.17) is 0 Å². The molecule has 0 aromatic heterocycles.